The summed E-state index contributed by atoms with van der Waals surface area (Å²) in [5.41, 5.74) is 1.33. The van der Waals surface area contributed by atoms with Crippen LogP contribution in [0.3, 0.4) is 0 Å². The number of phenols is 3. The van der Waals surface area contributed by atoms with E-state index in [2.05, 4.69) is 37.2 Å². The summed E-state index contributed by atoms with van der Waals surface area (Å²) in [6.45, 7) is 6.65. The largest absolute Gasteiger partial charge is 0.508 e. The predicted molar refractivity (Wildman–Crippen MR) is 284 cm³/mol. The number of hydrogen-bond donors (Lipinski definition) is 13. The zero-order valence-electron chi connectivity index (χ0n) is 45.3. The van der Waals surface area contributed by atoms with Crippen LogP contribution in [-0.4, -0.2) is 179 Å². The predicted octanol–water partition coefficient (Wildman–Crippen LogP) is -1.21. The summed E-state index contributed by atoms with van der Waals surface area (Å²) in [6, 6.07) is 3.10. The Bertz CT molecular complexity index is 2790. The molecule has 81 heavy (non-hydrogen) atoms. The first kappa shape index (κ1) is 64.2. The lowest BCUT2D eigenvalue weighted by Crippen LogP contribution is -2.61. The molecule has 4 rings (SSSR count). The molecular formula is C54H69N9O18. The molecule has 13 N–H and O–H groups in total. The zero-order valence-corrected chi connectivity index (χ0v) is 45.3. The second kappa shape index (κ2) is 29.6. The molecule has 0 saturated carbocycles. The van der Waals surface area contributed by atoms with Gasteiger partial charge in [0.2, 0.25) is 53.2 Å². The average molecular weight is 1130 g/mol. The standard InChI is InChI=1S/C54H69N9O18/c1-27(2)45(53(79)63-21-7-8-42(63)51(77)60-39(25-43(68)69)49(75)58-37(47(73)55-28(3)54(80)81)22-31-9-15-34(65)16-10-31)61-50(76)40(26-44(70)71)59-48(74)38(23-32-11-17-35(66)18-12-32)57-46(72)29(4)62(6)52(78)41(56-30(5)64)24-33-13-19-36(67)20-14-33/h9-20,27-29,37-42,45,65-67H,7-8,21-26H2,1-6H3,(H,55,73)(H,56,64)(H,57,72)(H,58,75)(H,59,74)(H,60,77)(H,61,76)(H,68,69)(H,70,71)(H,80,81)/t28-,29-,37-,38-,39-,40-,41-,42-,45-/m0/s1. The number of likely N-dealkylation sites (tertiary alicyclic amines) is 1. The maximum absolute atomic E-state index is 14.4. The number of carbonyl (C=O) groups is 12. The van der Waals surface area contributed by atoms with E-state index in [1.54, 1.807) is 12.1 Å². The van der Waals surface area contributed by atoms with Gasteiger partial charge in [-0.05, 0) is 85.7 Å². The first-order valence-electron chi connectivity index (χ1n) is 25.7. The van der Waals surface area contributed by atoms with Crippen molar-refractivity contribution < 1.29 is 88.2 Å². The van der Waals surface area contributed by atoms with Crippen LogP contribution in [0, 0.1) is 5.92 Å². The Morgan fingerprint density at radius 3 is 1.36 bits per heavy atom. The van der Waals surface area contributed by atoms with Crippen LogP contribution in [-0.2, 0) is 76.8 Å². The van der Waals surface area contributed by atoms with Crippen molar-refractivity contribution in [1.82, 2.24) is 47.0 Å². The second-order valence-electron chi connectivity index (χ2n) is 19.9. The molecule has 3 aromatic rings. The van der Waals surface area contributed by atoms with Crippen LogP contribution in [0.15, 0.2) is 72.8 Å². The fourth-order valence-corrected chi connectivity index (χ4v) is 8.58. The smallest absolute Gasteiger partial charge is 0.325 e. The van der Waals surface area contributed by atoms with Crippen LogP contribution in [0.25, 0.3) is 0 Å². The first-order valence-corrected chi connectivity index (χ1v) is 25.7. The number of carboxylic acid groups (broad SMARTS) is 3. The number of benzene rings is 3. The van der Waals surface area contributed by atoms with Crippen molar-refractivity contribution in [1.29, 1.82) is 0 Å². The highest BCUT2D eigenvalue weighted by molar-refractivity contribution is 6.00. The van der Waals surface area contributed by atoms with Crippen LogP contribution < -0.4 is 37.2 Å². The number of carbonyl (C=O) groups excluding carboxylic acids is 9. The number of amides is 9. The van der Waals surface area contributed by atoms with E-state index in [4.69, 9.17) is 0 Å². The monoisotopic (exact) mass is 1130 g/mol. The Kier molecular flexibility index (Phi) is 23.5. The Morgan fingerprint density at radius 1 is 0.531 bits per heavy atom. The van der Waals surface area contributed by atoms with Gasteiger partial charge in [-0.1, -0.05) is 50.2 Å². The van der Waals surface area contributed by atoms with E-state index in [0.717, 1.165) is 16.7 Å². The molecule has 1 aliphatic heterocycles. The molecule has 438 valence electrons. The Labute approximate surface area is 465 Å². The van der Waals surface area contributed by atoms with E-state index in [1.807, 2.05) is 0 Å². The summed E-state index contributed by atoms with van der Waals surface area (Å²) in [5, 5.41) is 75.3. The van der Waals surface area contributed by atoms with Crippen molar-refractivity contribution in [2.45, 2.75) is 134 Å². The first-order chi connectivity index (χ1) is 38.0. The van der Waals surface area contributed by atoms with Gasteiger partial charge in [-0.15, -0.1) is 0 Å². The van der Waals surface area contributed by atoms with Crippen molar-refractivity contribution in [3.63, 3.8) is 0 Å². The zero-order chi connectivity index (χ0) is 60.4. The van der Waals surface area contributed by atoms with E-state index in [9.17, 15) is 88.2 Å². The molecule has 1 saturated heterocycles. The lowest BCUT2D eigenvalue weighted by Gasteiger charge is -2.32. The van der Waals surface area contributed by atoms with E-state index < -0.39 is 144 Å². The Morgan fingerprint density at radius 2 is 0.926 bits per heavy atom. The minimum Gasteiger partial charge on any atom is -0.508 e. The van der Waals surface area contributed by atoms with Gasteiger partial charge in [0.25, 0.3) is 0 Å². The molecule has 27 nitrogen and oxygen atoms in total. The van der Waals surface area contributed by atoms with E-state index in [1.165, 1.54) is 95.4 Å². The van der Waals surface area contributed by atoms with Crippen LogP contribution in [0.1, 0.15) is 77.0 Å². The average Bonchev–Trinajstić information content (AvgIpc) is 3.93. The van der Waals surface area contributed by atoms with Crippen molar-refractivity contribution in [2.24, 2.45) is 5.92 Å². The van der Waals surface area contributed by atoms with Gasteiger partial charge in [0.05, 0.1) is 12.8 Å². The fourth-order valence-electron chi connectivity index (χ4n) is 8.58. The third-order valence-corrected chi connectivity index (χ3v) is 13.2. The maximum atomic E-state index is 14.4. The number of nitrogens with one attached hydrogen (secondary N) is 7. The minimum absolute atomic E-state index is 0.0131. The molecule has 0 aliphatic carbocycles. The van der Waals surface area contributed by atoms with Gasteiger partial charge in [0, 0.05) is 39.8 Å². The van der Waals surface area contributed by atoms with Gasteiger partial charge in [0.1, 0.15) is 71.6 Å². The lowest BCUT2D eigenvalue weighted by molar-refractivity contribution is -0.145. The number of nitrogens with zero attached hydrogens (tertiary/aromatic N) is 2. The summed E-state index contributed by atoms with van der Waals surface area (Å²) >= 11 is 0. The maximum Gasteiger partial charge on any atom is 0.325 e. The Balaban J connectivity index is 1.54. The number of aliphatic carboxylic acids is 3. The van der Waals surface area contributed by atoms with Crippen molar-refractivity contribution >= 4 is 71.1 Å². The van der Waals surface area contributed by atoms with Crippen LogP contribution >= 0.6 is 0 Å². The lowest BCUT2D eigenvalue weighted by atomic mass is 10.0. The third-order valence-electron chi connectivity index (χ3n) is 13.2. The summed E-state index contributed by atoms with van der Waals surface area (Å²) in [5.74, 6) is -14.0. The highest BCUT2D eigenvalue weighted by Gasteiger charge is 2.42. The molecule has 9 amide bonds. The molecule has 9 atom stereocenters. The number of carboxylic acids is 3. The van der Waals surface area contributed by atoms with Crippen LogP contribution in [0.2, 0.25) is 0 Å². The Hall–Kier alpha value is -9.30. The quantitative estimate of drug-likeness (QED) is 0.0406. The molecule has 0 spiro atoms. The highest BCUT2D eigenvalue weighted by Crippen LogP contribution is 2.22. The molecule has 1 aliphatic rings. The molecule has 27 heteroatoms. The van der Waals surface area contributed by atoms with Crippen LogP contribution in [0.5, 0.6) is 17.2 Å². The molecule has 0 unspecified atom stereocenters. The topological polar surface area (TPSA) is 417 Å². The fraction of sp³-hybridized carbons (Fsp3) is 0.444. The summed E-state index contributed by atoms with van der Waals surface area (Å²) in [4.78, 5) is 162. The molecule has 1 fully saturated rings. The molecular weight excluding hydrogens is 1060 g/mol. The van der Waals surface area contributed by atoms with Gasteiger partial charge >= 0.3 is 17.9 Å². The number of phenolic OH excluding ortho intramolecular Hbond substituents is 3. The van der Waals surface area contributed by atoms with Gasteiger partial charge < -0.3 is 77.7 Å². The normalized spacial score (nSPS) is 15.8. The van der Waals surface area contributed by atoms with Crippen molar-refractivity contribution in [3.8, 4) is 17.2 Å². The number of rotatable bonds is 28. The third kappa shape index (κ3) is 19.5. The molecule has 1 heterocycles. The van der Waals surface area contributed by atoms with Gasteiger partial charge in [-0.3, -0.25) is 57.5 Å². The van der Waals surface area contributed by atoms with E-state index in [-0.39, 0.29) is 55.9 Å². The summed E-state index contributed by atoms with van der Waals surface area (Å²) in [6.07, 6.45) is -2.47. The molecule has 3 aromatic carbocycles. The molecule has 0 aromatic heterocycles. The van der Waals surface area contributed by atoms with Crippen LogP contribution in [0.4, 0.5) is 0 Å². The summed E-state index contributed by atoms with van der Waals surface area (Å²) in [7, 11) is 1.29. The second-order valence-corrected chi connectivity index (χ2v) is 19.9. The van der Waals surface area contributed by atoms with Gasteiger partial charge in [-0.2, -0.15) is 0 Å². The van der Waals surface area contributed by atoms with Crippen molar-refractivity contribution in [3.05, 3.63) is 89.5 Å². The number of aromatic hydroxyl groups is 3. The minimum atomic E-state index is -1.91. The SMILES string of the molecule is CC(=O)N[C@@H](Cc1ccc(O)cc1)C(=O)N(C)[C@@H](C)C(=O)N[C@@H](Cc1ccc(O)cc1)C(=O)N[C@@H](CC(=O)O)C(=O)N[C@H](C(=O)N1CCC[C@H]1C(=O)N[C@@H](CC(=O)O)C(=O)N[C@@H](Cc1ccc(O)cc1)C(=O)N[C@@H](C)C(=O)O)C(C)C. The molecule has 0 radical (unpaired) electrons. The van der Waals surface area contributed by atoms with Gasteiger partial charge in [-0.25, -0.2) is 0 Å². The number of likely N-dealkylation sites (N-methyl/N-ethyl adjacent to an activating group) is 1. The van der Waals surface area contributed by atoms with E-state index >= 15 is 0 Å². The number of hydrogen-bond acceptors (Lipinski definition) is 15. The van der Waals surface area contributed by atoms with Crippen molar-refractivity contribution in [2.75, 3.05) is 13.6 Å². The summed E-state index contributed by atoms with van der Waals surface area (Å²) < 4.78 is 0. The molecule has 0 bridgehead atoms. The van der Waals surface area contributed by atoms with E-state index in [0.29, 0.717) is 16.7 Å². The highest BCUT2D eigenvalue weighted by atomic mass is 16.4. The van der Waals surface area contributed by atoms with Gasteiger partial charge in [0.15, 0.2) is 0 Å².